The van der Waals surface area contributed by atoms with Crippen LogP contribution >= 0.6 is 11.3 Å². The third kappa shape index (κ3) is 2.49. The summed E-state index contributed by atoms with van der Waals surface area (Å²) in [4.78, 5) is 7.98. The molecule has 0 radical (unpaired) electrons. The van der Waals surface area contributed by atoms with Crippen LogP contribution in [0.2, 0.25) is 0 Å². The molecule has 1 aromatic carbocycles. The molecule has 0 unspecified atom stereocenters. The molecule has 0 aliphatic rings. The molecule has 20 heavy (non-hydrogen) atoms. The van der Waals surface area contributed by atoms with E-state index in [9.17, 15) is 0 Å². The predicted octanol–water partition coefficient (Wildman–Crippen LogP) is 3.39. The Balaban J connectivity index is 1.87. The largest absolute Gasteiger partial charge is 0.397 e. The molecule has 2 aromatic heterocycles. The van der Waals surface area contributed by atoms with E-state index in [4.69, 9.17) is 5.73 Å². The number of rotatable bonds is 5. The van der Waals surface area contributed by atoms with Gasteiger partial charge in [0.1, 0.15) is 0 Å². The first-order valence-electron chi connectivity index (χ1n) is 6.78. The van der Waals surface area contributed by atoms with Crippen molar-refractivity contribution in [3.8, 4) is 0 Å². The van der Waals surface area contributed by atoms with Crippen LogP contribution in [0.15, 0.2) is 42.0 Å². The summed E-state index contributed by atoms with van der Waals surface area (Å²) < 4.78 is 2.07. The maximum absolute atomic E-state index is 6.10. The summed E-state index contributed by atoms with van der Waals surface area (Å²) in [6.45, 7) is 3.94. The molecule has 0 saturated heterocycles. The van der Waals surface area contributed by atoms with Crippen LogP contribution in [0, 0.1) is 0 Å². The smallest absolute Gasteiger partial charge is 0.193 e. The van der Waals surface area contributed by atoms with E-state index in [1.807, 2.05) is 29.8 Å². The Kier molecular flexibility index (Phi) is 3.60. The number of hydrogen-bond donors (Lipinski definition) is 1. The number of benzene rings is 1. The topological polar surface area (TPSA) is 46.6 Å². The van der Waals surface area contributed by atoms with Crippen LogP contribution in [-0.2, 0) is 6.54 Å². The summed E-state index contributed by atoms with van der Waals surface area (Å²) in [5.74, 6) is 0. The maximum Gasteiger partial charge on any atom is 0.193 e. The van der Waals surface area contributed by atoms with Gasteiger partial charge in [-0.25, -0.2) is 4.98 Å². The number of hydrogen-bond acceptors (Lipinski definition) is 4. The summed E-state index contributed by atoms with van der Waals surface area (Å²) in [6.07, 6.45) is 5.21. The molecule has 0 fully saturated rings. The minimum absolute atomic E-state index is 0.788. The van der Waals surface area contributed by atoms with E-state index >= 15 is 0 Å². The summed E-state index contributed by atoms with van der Waals surface area (Å²) in [6, 6.07) is 8.02. The fraction of sp³-hybridized carbons (Fsp3) is 0.267. The lowest BCUT2D eigenvalue weighted by Gasteiger charge is -2.24. The molecule has 4 nitrogen and oxygen atoms in total. The molecule has 0 amide bonds. The molecule has 0 spiro atoms. The summed E-state index contributed by atoms with van der Waals surface area (Å²) in [7, 11) is 0. The third-order valence-corrected chi connectivity index (χ3v) is 4.04. The molecule has 0 bridgehead atoms. The van der Waals surface area contributed by atoms with Gasteiger partial charge < -0.3 is 10.6 Å². The summed E-state index contributed by atoms with van der Waals surface area (Å²) in [5.41, 5.74) is 9.08. The second-order valence-corrected chi connectivity index (χ2v) is 5.68. The molecule has 3 rings (SSSR count). The molecule has 3 aromatic rings. The number of aromatic nitrogens is 2. The quantitative estimate of drug-likeness (QED) is 0.731. The minimum atomic E-state index is 0.788. The Morgan fingerprint density at radius 2 is 2.20 bits per heavy atom. The Morgan fingerprint density at radius 1 is 1.35 bits per heavy atom. The number of para-hydroxylation sites is 2. The second kappa shape index (κ2) is 5.54. The van der Waals surface area contributed by atoms with E-state index < -0.39 is 0 Å². The SMILES string of the molecule is CCCN(Cc1cn2ccsc2n1)c1ccccc1N. The van der Waals surface area contributed by atoms with Crippen molar-refractivity contribution < 1.29 is 0 Å². The molecular weight excluding hydrogens is 268 g/mol. The van der Waals surface area contributed by atoms with Crippen LogP contribution in [0.4, 0.5) is 11.4 Å². The second-order valence-electron chi connectivity index (χ2n) is 4.81. The molecule has 0 atom stereocenters. The first-order valence-corrected chi connectivity index (χ1v) is 7.66. The zero-order valence-electron chi connectivity index (χ0n) is 11.5. The van der Waals surface area contributed by atoms with Crippen LogP contribution < -0.4 is 10.6 Å². The van der Waals surface area contributed by atoms with Crippen LogP contribution in [0.5, 0.6) is 0 Å². The zero-order chi connectivity index (χ0) is 13.9. The highest BCUT2D eigenvalue weighted by Crippen LogP contribution is 2.24. The van der Waals surface area contributed by atoms with E-state index in [-0.39, 0.29) is 0 Å². The first-order chi connectivity index (χ1) is 9.78. The molecule has 0 saturated carbocycles. The lowest BCUT2D eigenvalue weighted by molar-refractivity contribution is 0.758. The fourth-order valence-electron chi connectivity index (χ4n) is 2.38. The highest BCUT2D eigenvalue weighted by molar-refractivity contribution is 7.15. The lowest BCUT2D eigenvalue weighted by atomic mass is 10.2. The number of nitrogens with two attached hydrogens (primary N) is 1. The van der Waals surface area contributed by atoms with Gasteiger partial charge in [-0.15, -0.1) is 11.3 Å². The molecule has 2 N–H and O–H groups in total. The van der Waals surface area contributed by atoms with Gasteiger partial charge in [0.2, 0.25) is 0 Å². The normalized spacial score (nSPS) is 11.1. The van der Waals surface area contributed by atoms with Gasteiger partial charge in [0.05, 0.1) is 23.6 Å². The van der Waals surface area contributed by atoms with Gasteiger partial charge in [-0.1, -0.05) is 19.1 Å². The van der Waals surface area contributed by atoms with Gasteiger partial charge in [0.25, 0.3) is 0 Å². The van der Waals surface area contributed by atoms with Crippen molar-refractivity contribution in [2.45, 2.75) is 19.9 Å². The fourth-order valence-corrected chi connectivity index (χ4v) is 3.10. The van der Waals surface area contributed by atoms with Crippen molar-refractivity contribution in [2.24, 2.45) is 0 Å². The van der Waals surface area contributed by atoms with Gasteiger partial charge in [0, 0.05) is 24.3 Å². The number of thiazole rings is 1. The van der Waals surface area contributed by atoms with Crippen molar-refractivity contribution in [3.05, 3.63) is 47.7 Å². The highest BCUT2D eigenvalue weighted by Gasteiger charge is 2.11. The van der Waals surface area contributed by atoms with Crippen LogP contribution in [0.3, 0.4) is 0 Å². The van der Waals surface area contributed by atoms with Crippen molar-refractivity contribution in [2.75, 3.05) is 17.2 Å². The maximum atomic E-state index is 6.10. The molecule has 5 heteroatoms. The Labute approximate surface area is 122 Å². The van der Waals surface area contributed by atoms with Crippen molar-refractivity contribution in [3.63, 3.8) is 0 Å². The molecular formula is C15H18N4S. The van der Waals surface area contributed by atoms with E-state index in [1.165, 1.54) is 0 Å². The number of fused-ring (bicyclic) bond motifs is 1. The van der Waals surface area contributed by atoms with Gasteiger partial charge in [0.15, 0.2) is 4.96 Å². The zero-order valence-corrected chi connectivity index (χ0v) is 12.3. The first kappa shape index (κ1) is 13.0. The van der Waals surface area contributed by atoms with E-state index in [0.717, 1.165) is 41.5 Å². The minimum Gasteiger partial charge on any atom is -0.397 e. The standard InChI is InChI=1S/C15H18N4S/c1-2-7-18(14-6-4-3-5-13(14)16)10-12-11-19-8-9-20-15(19)17-12/h3-6,8-9,11H,2,7,10,16H2,1H3. The van der Waals surface area contributed by atoms with E-state index in [0.29, 0.717) is 0 Å². The number of imidazole rings is 1. The summed E-state index contributed by atoms with van der Waals surface area (Å²) in [5, 5.41) is 2.05. The molecule has 104 valence electrons. The van der Waals surface area contributed by atoms with Crippen molar-refractivity contribution in [1.82, 2.24) is 9.38 Å². The van der Waals surface area contributed by atoms with Crippen molar-refractivity contribution >= 4 is 27.7 Å². The van der Waals surface area contributed by atoms with E-state index in [2.05, 4.69) is 33.5 Å². The molecule has 2 heterocycles. The lowest BCUT2D eigenvalue weighted by Crippen LogP contribution is -2.24. The number of anilines is 2. The Bertz CT molecular complexity index is 672. The van der Waals surface area contributed by atoms with Gasteiger partial charge in [-0.05, 0) is 18.6 Å². The number of nitrogens with zero attached hydrogens (tertiary/aromatic N) is 3. The van der Waals surface area contributed by atoms with Crippen LogP contribution in [0.1, 0.15) is 19.0 Å². The molecule has 0 aliphatic carbocycles. The van der Waals surface area contributed by atoms with Crippen molar-refractivity contribution in [1.29, 1.82) is 0 Å². The van der Waals surface area contributed by atoms with Gasteiger partial charge in [-0.3, -0.25) is 4.40 Å². The van der Waals surface area contributed by atoms with E-state index in [1.54, 1.807) is 11.3 Å². The van der Waals surface area contributed by atoms with Crippen LogP contribution in [-0.4, -0.2) is 15.9 Å². The monoisotopic (exact) mass is 286 g/mol. The average molecular weight is 286 g/mol. The Hall–Kier alpha value is -2.01. The summed E-state index contributed by atoms with van der Waals surface area (Å²) >= 11 is 1.66. The highest BCUT2D eigenvalue weighted by atomic mass is 32.1. The van der Waals surface area contributed by atoms with Crippen LogP contribution in [0.25, 0.3) is 4.96 Å². The average Bonchev–Trinajstić information content (AvgIpc) is 3.00. The number of nitrogen functional groups attached to an aromatic ring is 1. The Morgan fingerprint density at radius 3 is 2.95 bits per heavy atom. The predicted molar refractivity (Wildman–Crippen MR) is 85.3 cm³/mol. The van der Waals surface area contributed by atoms with Gasteiger partial charge in [-0.2, -0.15) is 0 Å². The third-order valence-electron chi connectivity index (χ3n) is 3.27. The van der Waals surface area contributed by atoms with Gasteiger partial charge >= 0.3 is 0 Å². The molecule has 0 aliphatic heterocycles.